The summed E-state index contributed by atoms with van der Waals surface area (Å²) in [6.45, 7) is 0. The molecule has 6 N–H and O–H groups in total. The van der Waals surface area contributed by atoms with E-state index in [0.717, 1.165) is 0 Å². The highest BCUT2D eigenvalue weighted by molar-refractivity contribution is 7.86. The smallest absolute Gasteiger partial charge is 0.294 e. The van der Waals surface area contributed by atoms with Crippen LogP contribution in [0.5, 0.6) is 0 Å². The summed E-state index contributed by atoms with van der Waals surface area (Å²) in [5.41, 5.74) is 14.3. The Morgan fingerprint density at radius 3 is 1.19 bits per heavy atom. The van der Waals surface area contributed by atoms with E-state index in [4.69, 9.17) is 20.6 Å². The Bertz CT molecular complexity index is 1610. The van der Waals surface area contributed by atoms with Gasteiger partial charge in [0.15, 0.2) is 0 Å². The van der Waals surface area contributed by atoms with Crippen molar-refractivity contribution < 1.29 is 25.9 Å². The number of fused-ring (bicyclic) bond motifs is 1. The van der Waals surface area contributed by atoms with Gasteiger partial charge >= 0.3 is 0 Å². The summed E-state index contributed by atoms with van der Waals surface area (Å²) < 4.78 is 63.1. The summed E-state index contributed by atoms with van der Waals surface area (Å²) in [6, 6.07) is 16.7. The molecule has 0 saturated carbocycles. The molecular formula is C22H18N6O6S2. The molecule has 12 nitrogen and oxygen atoms in total. The molecule has 0 atom stereocenters. The first kappa shape index (κ1) is 24.9. The maximum absolute atomic E-state index is 11.2. The summed E-state index contributed by atoms with van der Waals surface area (Å²) >= 11 is 0. The SMILES string of the molecule is Nc1ccc(N=Nc2ccc(S(=O)(=O)O)cc2)c2c(N=Nc3ccc(S(=O)(=O)O)cc3)ccc(N)c12. The second kappa shape index (κ2) is 9.43. The van der Waals surface area contributed by atoms with E-state index >= 15 is 0 Å². The number of benzene rings is 4. The summed E-state index contributed by atoms with van der Waals surface area (Å²) in [5.74, 6) is 0. The van der Waals surface area contributed by atoms with Crippen LogP contribution in [0, 0.1) is 0 Å². The Kier molecular flexibility index (Phi) is 6.51. The van der Waals surface area contributed by atoms with E-state index in [0.29, 0.717) is 44.9 Å². The zero-order valence-electron chi connectivity index (χ0n) is 18.2. The van der Waals surface area contributed by atoms with Crippen molar-refractivity contribution in [2.75, 3.05) is 11.5 Å². The van der Waals surface area contributed by atoms with Gasteiger partial charge in [-0.25, -0.2) is 0 Å². The number of nitrogens with zero attached hydrogens (tertiary/aromatic N) is 4. The molecule has 4 aromatic rings. The molecule has 36 heavy (non-hydrogen) atoms. The average Bonchev–Trinajstić information content (AvgIpc) is 2.82. The molecule has 0 aliphatic rings. The van der Waals surface area contributed by atoms with Crippen LogP contribution in [0.1, 0.15) is 0 Å². The number of nitrogen functional groups attached to an aromatic ring is 2. The molecule has 4 rings (SSSR count). The lowest BCUT2D eigenvalue weighted by atomic mass is 10.0. The van der Waals surface area contributed by atoms with E-state index in [2.05, 4.69) is 20.5 Å². The minimum Gasteiger partial charge on any atom is -0.398 e. The van der Waals surface area contributed by atoms with Gasteiger partial charge in [-0.1, -0.05) is 0 Å². The van der Waals surface area contributed by atoms with Crippen LogP contribution >= 0.6 is 0 Å². The van der Waals surface area contributed by atoms with Crippen LogP contribution < -0.4 is 11.5 Å². The largest absolute Gasteiger partial charge is 0.398 e. The second-order valence-electron chi connectivity index (χ2n) is 7.44. The van der Waals surface area contributed by atoms with Crippen molar-refractivity contribution in [3.8, 4) is 0 Å². The molecule has 0 amide bonds. The topological polar surface area (TPSA) is 210 Å². The van der Waals surface area contributed by atoms with Crippen molar-refractivity contribution in [2.24, 2.45) is 20.5 Å². The fraction of sp³-hybridized carbons (Fsp3) is 0. The first-order valence-electron chi connectivity index (χ1n) is 10.0. The predicted octanol–water partition coefficient (Wildman–Crippen LogP) is 5.33. The first-order chi connectivity index (χ1) is 16.9. The number of hydrogen-bond acceptors (Lipinski definition) is 10. The zero-order chi connectivity index (χ0) is 26.1. The van der Waals surface area contributed by atoms with Crippen molar-refractivity contribution in [1.82, 2.24) is 0 Å². The van der Waals surface area contributed by atoms with E-state index in [1.54, 1.807) is 24.3 Å². The Labute approximate surface area is 205 Å². The average molecular weight is 527 g/mol. The first-order valence-corrected chi connectivity index (χ1v) is 12.9. The minimum absolute atomic E-state index is 0.278. The molecular weight excluding hydrogens is 508 g/mol. The zero-order valence-corrected chi connectivity index (χ0v) is 19.8. The Morgan fingerprint density at radius 2 is 0.861 bits per heavy atom. The number of hydrogen-bond donors (Lipinski definition) is 4. The summed E-state index contributed by atoms with van der Waals surface area (Å²) in [5, 5.41) is 17.6. The Hall–Kier alpha value is -4.24. The highest BCUT2D eigenvalue weighted by Gasteiger charge is 2.13. The van der Waals surface area contributed by atoms with Crippen LogP contribution in [-0.2, 0) is 20.2 Å². The van der Waals surface area contributed by atoms with Gasteiger partial charge in [0.1, 0.15) is 0 Å². The van der Waals surface area contributed by atoms with E-state index in [9.17, 15) is 16.8 Å². The monoisotopic (exact) mass is 526 g/mol. The normalized spacial score (nSPS) is 12.6. The molecule has 0 aliphatic heterocycles. The third-order valence-electron chi connectivity index (χ3n) is 5.00. The molecule has 0 heterocycles. The molecule has 0 aliphatic carbocycles. The van der Waals surface area contributed by atoms with E-state index in [1.165, 1.54) is 48.5 Å². The van der Waals surface area contributed by atoms with Crippen molar-refractivity contribution in [3.05, 3.63) is 72.8 Å². The minimum atomic E-state index is -4.33. The molecule has 0 spiro atoms. The lowest BCUT2D eigenvalue weighted by Gasteiger charge is -2.10. The summed E-state index contributed by atoms with van der Waals surface area (Å²) in [4.78, 5) is -0.557. The summed E-state index contributed by atoms with van der Waals surface area (Å²) in [7, 11) is -8.67. The maximum atomic E-state index is 11.2. The fourth-order valence-corrected chi connectivity index (χ4v) is 4.23. The van der Waals surface area contributed by atoms with Crippen molar-refractivity contribution >= 4 is 65.1 Å². The third kappa shape index (κ3) is 5.36. The van der Waals surface area contributed by atoms with Crippen molar-refractivity contribution in [3.63, 3.8) is 0 Å². The highest BCUT2D eigenvalue weighted by Crippen LogP contribution is 2.41. The molecule has 0 bridgehead atoms. The lowest BCUT2D eigenvalue weighted by molar-refractivity contribution is 0.481. The standard InChI is InChI=1S/C22H18N6O6S2/c23-17-9-11-19(27-25-13-1-5-15(6-2-13)35(29,30)31)22-20(12-10-18(24)21(17)22)28-26-14-3-7-16(8-4-14)36(32,33)34/h1-12H,23-24H2,(H,29,30,31)(H,32,33,34). The van der Waals surface area contributed by atoms with Gasteiger partial charge in [0.05, 0.1) is 32.5 Å². The molecule has 0 radical (unpaired) electrons. The maximum Gasteiger partial charge on any atom is 0.294 e. The van der Waals surface area contributed by atoms with Gasteiger partial charge in [0, 0.05) is 22.1 Å². The summed E-state index contributed by atoms with van der Waals surface area (Å²) in [6.07, 6.45) is 0. The van der Waals surface area contributed by atoms with Crippen molar-refractivity contribution in [2.45, 2.75) is 9.79 Å². The third-order valence-corrected chi connectivity index (χ3v) is 6.73. The van der Waals surface area contributed by atoms with Crippen LogP contribution in [0.3, 0.4) is 0 Å². The van der Waals surface area contributed by atoms with Crippen LogP contribution in [0.15, 0.2) is 103 Å². The quantitative estimate of drug-likeness (QED) is 0.146. The van der Waals surface area contributed by atoms with Crippen LogP contribution in [0.2, 0.25) is 0 Å². The molecule has 0 aromatic heterocycles. The lowest BCUT2D eigenvalue weighted by Crippen LogP contribution is -1.96. The fourth-order valence-electron chi connectivity index (χ4n) is 3.27. The van der Waals surface area contributed by atoms with Gasteiger partial charge < -0.3 is 11.5 Å². The van der Waals surface area contributed by atoms with Gasteiger partial charge in [-0.05, 0) is 72.8 Å². The molecule has 14 heteroatoms. The van der Waals surface area contributed by atoms with Gasteiger partial charge in [-0.3, -0.25) is 9.11 Å². The molecule has 184 valence electrons. The van der Waals surface area contributed by atoms with E-state index in [1.807, 2.05) is 0 Å². The second-order valence-corrected chi connectivity index (χ2v) is 10.3. The van der Waals surface area contributed by atoms with Gasteiger partial charge in [-0.2, -0.15) is 27.1 Å². The molecule has 0 fully saturated rings. The molecule has 4 aromatic carbocycles. The van der Waals surface area contributed by atoms with Crippen LogP contribution in [0.25, 0.3) is 10.8 Å². The van der Waals surface area contributed by atoms with Gasteiger partial charge in [0.2, 0.25) is 0 Å². The number of rotatable bonds is 6. The molecule has 0 unspecified atom stereocenters. The van der Waals surface area contributed by atoms with Crippen LogP contribution in [-0.4, -0.2) is 25.9 Å². The molecule has 0 saturated heterocycles. The number of azo groups is 2. The van der Waals surface area contributed by atoms with Gasteiger partial charge in [-0.15, -0.1) is 10.2 Å². The highest BCUT2D eigenvalue weighted by atomic mass is 32.2. The van der Waals surface area contributed by atoms with E-state index in [-0.39, 0.29) is 9.79 Å². The number of anilines is 2. The Balaban J connectivity index is 1.76. The van der Waals surface area contributed by atoms with E-state index < -0.39 is 20.2 Å². The van der Waals surface area contributed by atoms with Crippen molar-refractivity contribution in [1.29, 1.82) is 0 Å². The number of nitrogens with two attached hydrogens (primary N) is 2. The van der Waals surface area contributed by atoms with Gasteiger partial charge in [0.25, 0.3) is 20.2 Å². The predicted molar refractivity (Wildman–Crippen MR) is 134 cm³/mol. The Morgan fingerprint density at radius 1 is 0.500 bits per heavy atom. The van der Waals surface area contributed by atoms with Crippen LogP contribution in [0.4, 0.5) is 34.1 Å².